The Bertz CT molecular complexity index is 605. The minimum absolute atomic E-state index is 0. The summed E-state index contributed by atoms with van der Waals surface area (Å²) >= 11 is 0. The second kappa shape index (κ2) is 11.4. The lowest BCUT2D eigenvalue weighted by Crippen LogP contribution is -2.46. The predicted molar refractivity (Wildman–Crippen MR) is 125 cm³/mol. The summed E-state index contributed by atoms with van der Waals surface area (Å²) in [7, 11) is 0. The number of aromatic nitrogens is 1. The number of nitrogens with one attached hydrogen (secondary N) is 1. The van der Waals surface area contributed by atoms with Gasteiger partial charge in [0, 0.05) is 26.2 Å². The third-order valence-corrected chi connectivity index (χ3v) is 5.93. The molecule has 0 bridgehead atoms. The Morgan fingerprint density at radius 2 is 1.96 bits per heavy atom. The smallest absolute Gasteiger partial charge is 0.208 e. The summed E-state index contributed by atoms with van der Waals surface area (Å²) in [6.07, 6.45) is 5.04. The number of aryl methyl sites for hydroxylation is 2. The molecule has 28 heavy (non-hydrogen) atoms. The van der Waals surface area contributed by atoms with E-state index in [1.807, 2.05) is 13.8 Å². The quantitative estimate of drug-likeness (QED) is 0.376. The third kappa shape index (κ3) is 6.61. The SMILES string of the molecule is CCNC(=NCC1CCN(Cc2nc(C)c(C)o2)CC1)N1CCCC(C)C1.I. The highest BCUT2D eigenvalue weighted by Gasteiger charge is 2.22. The van der Waals surface area contributed by atoms with Gasteiger partial charge >= 0.3 is 0 Å². The molecule has 3 rings (SSSR count). The Labute approximate surface area is 187 Å². The van der Waals surface area contributed by atoms with Crippen molar-refractivity contribution in [1.82, 2.24) is 20.1 Å². The van der Waals surface area contributed by atoms with Crippen molar-refractivity contribution in [2.75, 3.05) is 39.3 Å². The lowest BCUT2D eigenvalue weighted by Gasteiger charge is -2.34. The molecule has 2 aliphatic heterocycles. The van der Waals surface area contributed by atoms with Gasteiger partial charge in [-0.25, -0.2) is 4.98 Å². The van der Waals surface area contributed by atoms with E-state index in [1.54, 1.807) is 0 Å². The molecule has 2 fully saturated rings. The van der Waals surface area contributed by atoms with Crippen molar-refractivity contribution < 1.29 is 4.42 Å². The Morgan fingerprint density at radius 1 is 1.21 bits per heavy atom. The van der Waals surface area contributed by atoms with Crippen molar-refractivity contribution >= 4 is 29.9 Å². The number of hydrogen-bond donors (Lipinski definition) is 1. The molecule has 1 unspecified atom stereocenters. The van der Waals surface area contributed by atoms with Gasteiger partial charge in [0.05, 0.1) is 12.2 Å². The van der Waals surface area contributed by atoms with E-state index in [1.165, 1.54) is 25.7 Å². The summed E-state index contributed by atoms with van der Waals surface area (Å²) in [5.41, 5.74) is 1.01. The summed E-state index contributed by atoms with van der Waals surface area (Å²) in [6.45, 7) is 15.7. The van der Waals surface area contributed by atoms with E-state index in [-0.39, 0.29) is 24.0 Å². The van der Waals surface area contributed by atoms with E-state index in [4.69, 9.17) is 9.41 Å². The average molecular weight is 503 g/mol. The van der Waals surface area contributed by atoms with Crippen LogP contribution in [0.2, 0.25) is 0 Å². The maximum Gasteiger partial charge on any atom is 0.208 e. The molecule has 0 aromatic carbocycles. The van der Waals surface area contributed by atoms with Crippen LogP contribution in [0.25, 0.3) is 0 Å². The van der Waals surface area contributed by atoms with Crippen molar-refractivity contribution in [1.29, 1.82) is 0 Å². The number of piperidine rings is 2. The van der Waals surface area contributed by atoms with Crippen LogP contribution in [-0.4, -0.2) is 60.0 Å². The summed E-state index contributed by atoms with van der Waals surface area (Å²) in [4.78, 5) is 14.4. The van der Waals surface area contributed by atoms with Crippen LogP contribution >= 0.6 is 24.0 Å². The number of aliphatic imine (C=N–C) groups is 1. The minimum Gasteiger partial charge on any atom is -0.444 e. The number of oxazole rings is 1. The summed E-state index contributed by atoms with van der Waals surface area (Å²) < 4.78 is 5.74. The first kappa shape index (κ1) is 23.4. The van der Waals surface area contributed by atoms with Gasteiger partial charge in [-0.05, 0) is 71.4 Å². The van der Waals surface area contributed by atoms with Crippen molar-refractivity contribution in [3.8, 4) is 0 Å². The molecule has 1 N–H and O–H groups in total. The lowest BCUT2D eigenvalue weighted by atomic mass is 9.97. The number of likely N-dealkylation sites (tertiary alicyclic amines) is 2. The molecule has 1 atom stereocenters. The van der Waals surface area contributed by atoms with Gasteiger partial charge in [0.15, 0.2) is 5.96 Å². The fourth-order valence-corrected chi connectivity index (χ4v) is 4.15. The second-order valence-electron chi connectivity index (χ2n) is 8.36. The molecular weight excluding hydrogens is 465 g/mol. The molecule has 160 valence electrons. The summed E-state index contributed by atoms with van der Waals surface area (Å²) in [5.74, 6) is 4.38. The molecule has 1 aromatic heterocycles. The fourth-order valence-electron chi connectivity index (χ4n) is 4.15. The number of hydrogen-bond acceptors (Lipinski definition) is 4. The van der Waals surface area contributed by atoms with Crippen LogP contribution in [0.15, 0.2) is 9.41 Å². The lowest BCUT2D eigenvalue weighted by molar-refractivity contribution is 0.166. The molecule has 7 heteroatoms. The maximum absolute atomic E-state index is 5.74. The number of rotatable bonds is 5. The van der Waals surface area contributed by atoms with Gasteiger partial charge < -0.3 is 14.6 Å². The zero-order chi connectivity index (χ0) is 19.2. The van der Waals surface area contributed by atoms with Crippen molar-refractivity contribution in [2.45, 2.75) is 59.9 Å². The van der Waals surface area contributed by atoms with Gasteiger partial charge in [-0.2, -0.15) is 0 Å². The zero-order valence-electron chi connectivity index (χ0n) is 18.0. The van der Waals surface area contributed by atoms with Gasteiger partial charge in [-0.15, -0.1) is 24.0 Å². The van der Waals surface area contributed by atoms with E-state index in [0.29, 0.717) is 5.92 Å². The van der Waals surface area contributed by atoms with Crippen LogP contribution < -0.4 is 5.32 Å². The molecule has 0 spiro atoms. The summed E-state index contributed by atoms with van der Waals surface area (Å²) in [5, 5.41) is 3.51. The molecule has 2 aliphatic rings. The first-order valence-electron chi connectivity index (χ1n) is 10.7. The number of guanidine groups is 1. The van der Waals surface area contributed by atoms with Crippen LogP contribution in [0.1, 0.15) is 56.9 Å². The second-order valence-corrected chi connectivity index (χ2v) is 8.36. The first-order chi connectivity index (χ1) is 13.0. The summed E-state index contributed by atoms with van der Waals surface area (Å²) in [6, 6.07) is 0. The first-order valence-corrected chi connectivity index (χ1v) is 10.7. The molecule has 1 aromatic rings. The number of halogens is 1. The van der Waals surface area contributed by atoms with Crippen LogP contribution in [0, 0.1) is 25.7 Å². The Morgan fingerprint density at radius 3 is 2.57 bits per heavy atom. The van der Waals surface area contributed by atoms with E-state index < -0.39 is 0 Å². The predicted octanol–water partition coefficient (Wildman–Crippen LogP) is 3.82. The Kier molecular flexibility index (Phi) is 9.53. The van der Waals surface area contributed by atoms with Crippen molar-refractivity contribution in [3.63, 3.8) is 0 Å². The highest BCUT2D eigenvalue weighted by Crippen LogP contribution is 2.21. The molecule has 0 radical (unpaired) electrons. The van der Waals surface area contributed by atoms with Crippen molar-refractivity contribution in [3.05, 3.63) is 17.3 Å². The van der Waals surface area contributed by atoms with E-state index in [2.05, 4.69) is 33.9 Å². The fraction of sp³-hybridized carbons (Fsp3) is 0.810. The van der Waals surface area contributed by atoms with E-state index in [9.17, 15) is 0 Å². The Balaban J connectivity index is 0.00000280. The molecule has 2 saturated heterocycles. The van der Waals surface area contributed by atoms with Gasteiger partial charge in [0.2, 0.25) is 5.89 Å². The monoisotopic (exact) mass is 503 g/mol. The highest BCUT2D eigenvalue weighted by molar-refractivity contribution is 14.0. The Hall–Kier alpha value is -0.830. The molecule has 0 amide bonds. The highest BCUT2D eigenvalue weighted by atomic mass is 127. The van der Waals surface area contributed by atoms with Crippen LogP contribution in [0.5, 0.6) is 0 Å². The van der Waals surface area contributed by atoms with Gasteiger partial charge in [0.1, 0.15) is 5.76 Å². The number of nitrogens with zero attached hydrogens (tertiary/aromatic N) is 4. The van der Waals surface area contributed by atoms with Crippen molar-refractivity contribution in [2.24, 2.45) is 16.8 Å². The molecule has 3 heterocycles. The molecule has 0 aliphatic carbocycles. The normalized spacial score (nSPS) is 22.2. The largest absolute Gasteiger partial charge is 0.444 e. The minimum atomic E-state index is 0. The topological polar surface area (TPSA) is 56.9 Å². The average Bonchev–Trinajstić information content (AvgIpc) is 2.97. The van der Waals surface area contributed by atoms with Gasteiger partial charge in [0.25, 0.3) is 0 Å². The van der Waals surface area contributed by atoms with Gasteiger partial charge in [-0.1, -0.05) is 6.92 Å². The standard InChI is InChI=1S/C21H37N5O.HI/c1-5-22-21(26-10-6-7-16(2)14-26)23-13-19-8-11-25(12-9-19)15-20-24-17(3)18(4)27-20;/h16,19H,5-15H2,1-4H3,(H,22,23);1H. The maximum atomic E-state index is 5.74. The van der Waals surface area contributed by atoms with Crippen LogP contribution in [0.4, 0.5) is 0 Å². The van der Waals surface area contributed by atoms with Crippen LogP contribution in [0.3, 0.4) is 0 Å². The zero-order valence-corrected chi connectivity index (χ0v) is 20.4. The molecular formula is C21H38IN5O. The molecule has 0 saturated carbocycles. The van der Waals surface area contributed by atoms with Crippen LogP contribution in [-0.2, 0) is 6.54 Å². The third-order valence-electron chi connectivity index (χ3n) is 5.93. The van der Waals surface area contributed by atoms with E-state index >= 15 is 0 Å². The van der Waals surface area contributed by atoms with E-state index in [0.717, 1.165) is 75.0 Å². The van der Waals surface area contributed by atoms with Gasteiger partial charge in [-0.3, -0.25) is 9.89 Å². The molecule has 6 nitrogen and oxygen atoms in total.